The van der Waals surface area contributed by atoms with Gasteiger partial charge in [-0.1, -0.05) is 0 Å². The molecule has 0 aromatic rings. The average molecular weight is 232 g/mol. The Kier molecular flexibility index (Phi) is 7.49. The van der Waals surface area contributed by atoms with Crippen molar-refractivity contribution < 1.29 is 19.8 Å². The van der Waals surface area contributed by atoms with Gasteiger partial charge in [-0.2, -0.15) is 0 Å². The number of hydrogen-bond acceptors (Lipinski definition) is 4. The number of rotatable bonds is 9. The molecule has 0 aromatic heterocycles. The Morgan fingerprint density at radius 2 is 1.56 bits per heavy atom. The number of carboxylic acid groups (broad SMARTS) is 2. The van der Waals surface area contributed by atoms with Crippen molar-refractivity contribution in [2.24, 2.45) is 11.5 Å². The van der Waals surface area contributed by atoms with Crippen LogP contribution in [0.15, 0.2) is 0 Å². The predicted octanol–water partition coefficient (Wildman–Crippen LogP) is 0.151. The summed E-state index contributed by atoms with van der Waals surface area (Å²) in [6, 6.07) is -0.897. The fourth-order valence-electron chi connectivity index (χ4n) is 1.38. The highest BCUT2D eigenvalue weighted by molar-refractivity contribution is 5.72. The van der Waals surface area contributed by atoms with E-state index in [4.69, 9.17) is 21.7 Å². The van der Waals surface area contributed by atoms with Crippen LogP contribution in [0.1, 0.15) is 38.5 Å². The summed E-state index contributed by atoms with van der Waals surface area (Å²) < 4.78 is 0. The van der Waals surface area contributed by atoms with Crippen molar-refractivity contribution in [2.75, 3.05) is 0 Å². The zero-order valence-electron chi connectivity index (χ0n) is 9.26. The molecule has 0 saturated heterocycles. The fourth-order valence-corrected chi connectivity index (χ4v) is 1.38. The van der Waals surface area contributed by atoms with Crippen LogP contribution in [0.25, 0.3) is 0 Å². The molecule has 2 atom stereocenters. The second kappa shape index (κ2) is 8.06. The topological polar surface area (TPSA) is 127 Å². The fraction of sp³-hybridized carbons (Fsp3) is 0.800. The third-order valence-corrected chi connectivity index (χ3v) is 2.37. The molecule has 0 bridgehead atoms. The number of hydrogen-bond donors (Lipinski definition) is 4. The van der Waals surface area contributed by atoms with E-state index in [1.807, 2.05) is 0 Å². The minimum Gasteiger partial charge on any atom is -0.481 e. The molecule has 0 heterocycles. The molecule has 6 nitrogen and oxygen atoms in total. The quantitative estimate of drug-likeness (QED) is 0.448. The van der Waals surface area contributed by atoms with E-state index in [9.17, 15) is 9.59 Å². The van der Waals surface area contributed by atoms with Crippen molar-refractivity contribution in [3.05, 3.63) is 0 Å². The van der Waals surface area contributed by atoms with Gasteiger partial charge in [0.1, 0.15) is 6.04 Å². The van der Waals surface area contributed by atoms with Crippen molar-refractivity contribution in [3.8, 4) is 0 Å². The second-order valence-electron chi connectivity index (χ2n) is 3.92. The van der Waals surface area contributed by atoms with Crippen LogP contribution in [0.3, 0.4) is 0 Å². The molecule has 0 aliphatic carbocycles. The van der Waals surface area contributed by atoms with Gasteiger partial charge in [0.05, 0.1) is 0 Å². The Bertz CT molecular complexity index is 233. The summed E-state index contributed by atoms with van der Waals surface area (Å²) in [5.74, 6) is -1.82. The highest BCUT2D eigenvalue weighted by Crippen LogP contribution is 2.07. The lowest BCUT2D eigenvalue weighted by Crippen LogP contribution is -2.30. The van der Waals surface area contributed by atoms with E-state index in [1.165, 1.54) is 0 Å². The Hall–Kier alpha value is -1.14. The maximum Gasteiger partial charge on any atom is 0.320 e. The standard InChI is InChI=1S/C10H20N2O4/c11-7(4-2-6-9(13)14)3-1-5-8(12)10(15)16/h7-8H,1-6,11-12H2,(H,13,14)(H,15,16)/t7-,8-/m0/s1. The summed E-state index contributed by atoms with van der Waals surface area (Å²) in [5.41, 5.74) is 11.1. The van der Waals surface area contributed by atoms with Crippen LogP contribution in [-0.4, -0.2) is 34.2 Å². The van der Waals surface area contributed by atoms with Gasteiger partial charge >= 0.3 is 11.9 Å². The van der Waals surface area contributed by atoms with Gasteiger partial charge in [-0.3, -0.25) is 9.59 Å². The highest BCUT2D eigenvalue weighted by Gasteiger charge is 2.11. The SMILES string of the molecule is N[C@H](CCCC(=O)O)CCC[C@H](N)C(=O)O. The van der Waals surface area contributed by atoms with Gasteiger partial charge in [0, 0.05) is 12.5 Å². The molecule has 0 saturated carbocycles. The number of aliphatic carboxylic acids is 2. The molecule has 0 aliphatic heterocycles. The summed E-state index contributed by atoms with van der Waals surface area (Å²) in [5, 5.41) is 16.9. The van der Waals surface area contributed by atoms with Crippen LogP contribution >= 0.6 is 0 Å². The van der Waals surface area contributed by atoms with Gasteiger partial charge in [0.25, 0.3) is 0 Å². The lowest BCUT2D eigenvalue weighted by molar-refractivity contribution is -0.139. The third kappa shape index (κ3) is 8.19. The zero-order valence-corrected chi connectivity index (χ0v) is 9.26. The monoisotopic (exact) mass is 232 g/mol. The van der Waals surface area contributed by atoms with Crippen LogP contribution in [0.4, 0.5) is 0 Å². The smallest absolute Gasteiger partial charge is 0.320 e. The van der Waals surface area contributed by atoms with Crippen LogP contribution in [-0.2, 0) is 9.59 Å². The molecule has 0 fully saturated rings. The first kappa shape index (κ1) is 14.9. The van der Waals surface area contributed by atoms with Crippen molar-refractivity contribution in [2.45, 2.75) is 50.6 Å². The molecule has 0 aliphatic rings. The first-order valence-corrected chi connectivity index (χ1v) is 5.39. The molecule has 6 N–H and O–H groups in total. The van der Waals surface area contributed by atoms with E-state index >= 15 is 0 Å². The van der Waals surface area contributed by atoms with E-state index in [-0.39, 0.29) is 12.5 Å². The van der Waals surface area contributed by atoms with E-state index < -0.39 is 18.0 Å². The minimum absolute atomic E-state index is 0.0691. The maximum absolute atomic E-state index is 10.4. The summed E-state index contributed by atoms with van der Waals surface area (Å²) in [7, 11) is 0. The summed E-state index contributed by atoms with van der Waals surface area (Å²) >= 11 is 0. The maximum atomic E-state index is 10.4. The van der Waals surface area contributed by atoms with Gasteiger partial charge in [0.15, 0.2) is 0 Å². The molecular formula is C10H20N2O4. The molecular weight excluding hydrogens is 212 g/mol. The molecule has 94 valence electrons. The molecule has 0 rings (SSSR count). The minimum atomic E-state index is -1.00. The van der Waals surface area contributed by atoms with Crippen LogP contribution in [0.5, 0.6) is 0 Å². The van der Waals surface area contributed by atoms with Crippen molar-refractivity contribution in [3.63, 3.8) is 0 Å². The molecule has 0 spiro atoms. The summed E-state index contributed by atoms with van der Waals surface area (Å²) in [4.78, 5) is 20.6. The largest absolute Gasteiger partial charge is 0.481 e. The third-order valence-electron chi connectivity index (χ3n) is 2.37. The van der Waals surface area contributed by atoms with Gasteiger partial charge in [0.2, 0.25) is 0 Å². The Labute approximate surface area is 94.6 Å². The van der Waals surface area contributed by atoms with Gasteiger partial charge in [-0.15, -0.1) is 0 Å². The van der Waals surface area contributed by atoms with E-state index in [1.54, 1.807) is 0 Å². The lowest BCUT2D eigenvalue weighted by Gasteiger charge is -2.11. The Morgan fingerprint density at radius 1 is 1.00 bits per heavy atom. The van der Waals surface area contributed by atoms with Crippen LogP contribution < -0.4 is 11.5 Å². The Morgan fingerprint density at radius 3 is 2.06 bits per heavy atom. The van der Waals surface area contributed by atoms with E-state index in [0.29, 0.717) is 32.1 Å². The first-order valence-electron chi connectivity index (χ1n) is 5.39. The molecule has 0 unspecified atom stereocenters. The van der Waals surface area contributed by atoms with Crippen LogP contribution in [0, 0.1) is 0 Å². The van der Waals surface area contributed by atoms with Crippen LogP contribution in [0.2, 0.25) is 0 Å². The normalized spacial score (nSPS) is 14.4. The highest BCUT2D eigenvalue weighted by atomic mass is 16.4. The van der Waals surface area contributed by atoms with Gasteiger partial charge in [-0.05, 0) is 32.1 Å². The zero-order chi connectivity index (χ0) is 12.6. The van der Waals surface area contributed by atoms with Crippen molar-refractivity contribution in [1.29, 1.82) is 0 Å². The van der Waals surface area contributed by atoms with Crippen molar-refractivity contribution >= 4 is 11.9 Å². The molecule has 0 aromatic carbocycles. The molecule has 16 heavy (non-hydrogen) atoms. The van der Waals surface area contributed by atoms with Crippen molar-refractivity contribution in [1.82, 2.24) is 0 Å². The van der Waals surface area contributed by atoms with Gasteiger partial charge < -0.3 is 21.7 Å². The summed E-state index contributed by atoms with van der Waals surface area (Å²) in [6.45, 7) is 0. The first-order chi connectivity index (χ1) is 7.43. The Balaban J connectivity index is 3.47. The second-order valence-corrected chi connectivity index (χ2v) is 3.92. The number of nitrogens with two attached hydrogens (primary N) is 2. The predicted molar refractivity (Wildman–Crippen MR) is 58.9 cm³/mol. The molecule has 0 amide bonds. The molecule has 0 radical (unpaired) electrons. The summed E-state index contributed by atoms with van der Waals surface area (Å²) in [6.07, 6.45) is 3.07. The average Bonchev–Trinajstić information content (AvgIpc) is 2.16. The van der Waals surface area contributed by atoms with E-state index in [2.05, 4.69) is 0 Å². The number of carboxylic acids is 2. The number of carbonyl (C=O) groups is 2. The lowest BCUT2D eigenvalue weighted by atomic mass is 10.0. The van der Waals surface area contributed by atoms with Gasteiger partial charge in [-0.25, -0.2) is 0 Å². The van der Waals surface area contributed by atoms with E-state index in [0.717, 1.165) is 0 Å². The molecule has 6 heteroatoms.